The fourth-order valence-corrected chi connectivity index (χ4v) is 1.91. The minimum atomic E-state index is -0.437. The van der Waals surface area contributed by atoms with Crippen LogP contribution in [0.2, 0.25) is 5.02 Å². The van der Waals surface area contributed by atoms with Crippen LogP contribution >= 0.6 is 11.6 Å². The lowest BCUT2D eigenvalue weighted by Crippen LogP contribution is -2.00. The van der Waals surface area contributed by atoms with E-state index in [9.17, 15) is 4.79 Å². The number of fused-ring (bicyclic) bond motifs is 1. The first-order valence-corrected chi connectivity index (χ1v) is 5.28. The van der Waals surface area contributed by atoms with Gasteiger partial charge in [-0.15, -0.1) is 0 Å². The molecule has 1 aliphatic heterocycles. The molecule has 2 rings (SSSR count). The number of nitrogens with zero attached hydrogens (tertiary/aromatic N) is 1. The molecule has 0 amide bonds. The van der Waals surface area contributed by atoms with Crippen LogP contribution in [-0.4, -0.2) is 20.0 Å². The standard InChI is InChI=1S/C12H8ClNO4/c1-16-7-5-8(17-2)10(13)12-9(7)11(15)6(18-12)3-4-14/h3,5H,1-2H3/b6-3-. The fourth-order valence-electron chi connectivity index (χ4n) is 1.64. The van der Waals surface area contributed by atoms with Crippen LogP contribution in [0, 0.1) is 11.3 Å². The van der Waals surface area contributed by atoms with Crippen LogP contribution in [-0.2, 0) is 0 Å². The van der Waals surface area contributed by atoms with Crippen LogP contribution in [0.4, 0.5) is 0 Å². The van der Waals surface area contributed by atoms with Gasteiger partial charge in [0.15, 0.2) is 11.5 Å². The summed E-state index contributed by atoms with van der Waals surface area (Å²) in [4.78, 5) is 12.0. The van der Waals surface area contributed by atoms with Crippen molar-refractivity contribution in [2.24, 2.45) is 0 Å². The third-order valence-corrected chi connectivity index (χ3v) is 2.81. The summed E-state index contributed by atoms with van der Waals surface area (Å²) in [6.07, 6.45) is 1.02. The minimum absolute atomic E-state index is 0.0825. The number of carbonyl (C=O) groups excluding carboxylic acids is 1. The molecule has 1 aromatic rings. The molecule has 0 bridgehead atoms. The average molecular weight is 266 g/mol. The summed E-state index contributed by atoms with van der Waals surface area (Å²) in [7, 11) is 2.86. The van der Waals surface area contributed by atoms with Crippen molar-refractivity contribution in [1.82, 2.24) is 0 Å². The van der Waals surface area contributed by atoms with Crippen LogP contribution in [0.3, 0.4) is 0 Å². The SMILES string of the molecule is COc1cc(OC)c2c(c1Cl)O/C(=C\C#N)C2=O. The van der Waals surface area contributed by atoms with E-state index in [0.29, 0.717) is 5.75 Å². The number of nitriles is 1. The number of Topliss-reactive ketones (excluding diaryl/α,β-unsaturated/α-hetero) is 1. The number of benzene rings is 1. The monoisotopic (exact) mass is 265 g/mol. The first-order chi connectivity index (χ1) is 8.63. The van der Waals surface area contributed by atoms with Gasteiger partial charge in [-0.05, 0) is 0 Å². The Balaban J connectivity index is 2.69. The minimum Gasteiger partial charge on any atom is -0.496 e. The van der Waals surface area contributed by atoms with Gasteiger partial charge in [-0.2, -0.15) is 5.26 Å². The largest absolute Gasteiger partial charge is 0.496 e. The summed E-state index contributed by atoms with van der Waals surface area (Å²) in [5, 5.41) is 8.74. The molecular formula is C12H8ClNO4. The van der Waals surface area contributed by atoms with E-state index in [-0.39, 0.29) is 27.8 Å². The second-order valence-electron chi connectivity index (χ2n) is 3.37. The van der Waals surface area contributed by atoms with E-state index >= 15 is 0 Å². The zero-order valence-electron chi connectivity index (χ0n) is 9.61. The van der Waals surface area contributed by atoms with E-state index in [1.807, 2.05) is 0 Å². The van der Waals surface area contributed by atoms with Crippen LogP contribution in [0.25, 0.3) is 0 Å². The third-order valence-electron chi connectivity index (χ3n) is 2.45. The predicted octanol–water partition coefficient (Wildman–Crippen LogP) is 2.34. The molecular weight excluding hydrogens is 258 g/mol. The topological polar surface area (TPSA) is 68.6 Å². The molecule has 0 N–H and O–H groups in total. The lowest BCUT2D eigenvalue weighted by Gasteiger charge is -2.10. The predicted molar refractivity (Wildman–Crippen MR) is 63.2 cm³/mol. The Labute approximate surface area is 108 Å². The molecule has 18 heavy (non-hydrogen) atoms. The molecule has 1 aliphatic rings. The lowest BCUT2D eigenvalue weighted by atomic mass is 10.1. The number of ether oxygens (including phenoxy) is 3. The van der Waals surface area contributed by atoms with Crippen LogP contribution in [0.1, 0.15) is 10.4 Å². The summed E-state index contributed by atoms with van der Waals surface area (Å²) in [5.74, 6) is 0.254. The normalized spacial score (nSPS) is 15.0. The summed E-state index contributed by atoms with van der Waals surface area (Å²) in [5.41, 5.74) is 0.199. The Morgan fingerprint density at radius 1 is 1.39 bits per heavy atom. The molecule has 6 heteroatoms. The molecule has 0 atom stereocenters. The number of rotatable bonds is 2. The molecule has 0 aromatic heterocycles. The molecule has 0 radical (unpaired) electrons. The van der Waals surface area contributed by atoms with E-state index < -0.39 is 5.78 Å². The van der Waals surface area contributed by atoms with Gasteiger partial charge in [0, 0.05) is 6.07 Å². The fraction of sp³-hybridized carbons (Fsp3) is 0.167. The summed E-state index contributed by atoms with van der Waals surface area (Å²) in [6.45, 7) is 0. The number of hydrogen-bond donors (Lipinski definition) is 0. The zero-order valence-corrected chi connectivity index (χ0v) is 10.4. The molecule has 1 aromatic carbocycles. The van der Waals surface area contributed by atoms with Gasteiger partial charge >= 0.3 is 0 Å². The van der Waals surface area contributed by atoms with Gasteiger partial charge < -0.3 is 14.2 Å². The van der Waals surface area contributed by atoms with E-state index in [0.717, 1.165) is 6.08 Å². The molecule has 5 nitrogen and oxygen atoms in total. The highest BCUT2D eigenvalue weighted by molar-refractivity contribution is 6.35. The Morgan fingerprint density at radius 2 is 2.06 bits per heavy atom. The lowest BCUT2D eigenvalue weighted by molar-refractivity contribution is 0.101. The van der Waals surface area contributed by atoms with Gasteiger partial charge in [0.05, 0.1) is 26.4 Å². The molecule has 0 saturated heterocycles. The zero-order chi connectivity index (χ0) is 13.3. The smallest absolute Gasteiger partial charge is 0.236 e. The van der Waals surface area contributed by atoms with E-state index in [1.54, 1.807) is 6.07 Å². The molecule has 0 unspecified atom stereocenters. The number of allylic oxidation sites excluding steroid dienone is 2. The van der Waals surface area contributed by atoms with Crippen molar-refractivity contribution in [3.8, 4) is 23.3 Å². The van der Waals surface area contributed by atoms with Crippen LogP contribution in [0.5, 0.6) is 17.2 Å². The van der Waals surface area contributed by atoms with Crippen LogP contribution in [0.15, 0.2) is 17.9 Å². The number of carbonyl (C=O) groups is 1. The van der Waals surface area contributed by atoms with Gasteiger partial charge in [-0.1, -0.05) is 11.6 Å². The third kappa shape index (κ3) is 1.67. The first-order valence-electron chi connectivity index (χ1n) is 4.90. The Morgan fingerprint density at radius 3 is 2.61 bits per heavy atom. The maximum absolute atomic E-state index is 12.0. The van der Waals surface area contributed by atoms with E-state index in [4.69, 9.17) is 31.1 Å². The number of halogens is 1. The summed E-state index contributed by atoms with van der Waals surface area (Å²) in [6, 6.07) is 3.24. The molecule has 0 aliphatic carbocycles. The maximum Gasteiger partial charge on any atom is 0.236 e. The second-order valence-corrected chi connectivity index (χ2v) is 3.75. The van der Waals surface area contributed by atoms with E-state index in [1.165, 1.54) is 20.3 Å². The number of methoxy groups -OCH3 is 2. The highest BCUT2D eigenvalue weighted by Gasteiger charge is 2.35. The summed E-state index contributed by atoms with van der Waals surface area (Å²) < 4.78 is 15.4. The van der Waals surface area contributed by atoms with Crippen molar-refractivity contribution in [3.63, 3.8) is 0 Å². The van der Waals surface area contributed by atoms with E-state index in [2.05, 4.69) is 0 Å². The molecule has 0 spiro atoms. The van der Waals surface area contributed by atoms with Crippen molar-refractivity contribution in [2.45, 2.75) is 0 Å². The van der Waals surface area contributed by atoms with Crippen molar-refractivity contribution < 1.29 is 19.0 Å². The van der Waals surface area contributed by atoms with Gasteiger partial charge in [0.25, 0.3) is 0 Å². The van der Waals surface area contributed by atoms with Gasteiger partial charge in [0.2, 0.25) is 5.78 Å². The highest BCUT2D eigenvalue weighted by Crippen LogP contribution is 2.47. The highest BCUT2D eigenvalue weighted by atomic mass is 35.5. The quantitative estimate of drug-likeness (QED) is 0.606. The van der Waals surface area contributed by atoms with Crippen molar-refractivity contribution >= 4 is 17.4 Å². The van der Waals surface area contributed by atoms with Crippen molar-refractivity contribution in [1.29, 1.82) is 5.26 Å². The molecule has 1 heterocycles. The average Bonchev–Trinajstić information content (AvgIpc) is 2.70. The van der Waals surface area contributed by atoms with Crippen molar-refractivity contribution in [2.75, 3.05) is 14.2 Å². The summed E-state index contributed by atoms with van der Waals surface area (Å²) >= 11 is 6.05. The Bertz CT molecular complexity index is 601. The van der Waals surface area contributed by atoms with Gasteiger partial charge in [-0.3, -0.25) is 4.79 Å². The van der Waals surface area contributed by atoms with Gasteiger partial charge in [0.1, 0.15) is 22.1 Å². The number of hydrogen-bond acceptors (Lipinski definition) is 5. The molecule has 0 saturated carbocycles. The number of ketones is 1. The maximum atomic E-state index is 12.0. The Hall–Kier alpha value is -2.19. The van der Waals surface area contributed by atoms with Crippen molar-refractivity contribution in [3.05, 3.63) is 28.5 Å². The van der Waals surface area contributed by atoms with Crippen LogP contribution < -0.4 is 14.2 Å². The second kappa shape index (κ2) is 4.59. The van der Waals surface area contributed by atoms with Gasteiger partial charge in [-0.25, -0.2) is 0 Å². The molecule has 92 valence electrons. The molecule has 0 fully saturated rings. The first kappa shape index (κ1) is 12.3. The Kier molecular flexibility index (Phi) is 3.13.